The lowest BCUT2D eigenvalue weighted by molar-refractivity contribution is -0.385. The summed E-state index contributed by atoms with van der Waals surface area (Å²) in [4.78, 5) is 30.5. The highest BCUT2D eigenvalue weighted by atomic mass is 32.2. The Morgan fingerprint density at radius 3 is 2.71 bits per heavy atom. The van der Waals surface area contributed by atoms with Crippen LogP contribution < -0.4 is 14.4 Å². The summed E-state index contributed by atoms with van der Waals surface area (Å²) in [5, 5.41) is 10.8. The summed E-state index contributed by atoms with van der Waals surface area (Å²) in [6.45, 7) is 2.23. The van der Waals surface area contributed by atoms with Gasteiger partial charge in [0.15, 0.2) is 15.8 Å². The maximum Gasteiger partial charge on any atom is 0.287 e. The lowest BCUT2D eigenvalue weighted by atomic mass is 10.1. The van der Waals surface area contributed by atoms with Crippen LogP contribution in [-0.2, 0) is 4.79 Å². The SMILES string of the molecule is CCOc1cc(/C=C2\SC(=S)N(c3cccc(SC)c3)C2=O)ccc1Oc1ccc([N+](=O)[O-])cn1. The lowest BCUT2D eigenvalue weighted by Crippen LogP contribution is -2.27. The number of nitro groups is 1. The smallest absolute Gasteiger partial charge is 0.287 e. The first kappa shape index (κ1) is 24.7. The minimum absolute atomic E-state index is 0.129. The third kappa shape index (κ3) is 5.64. The molecular weight excluding hydrogens is 506 g/mol. The maximum atomic E-state index is 13.1. The molecule has 3 aromatic rings. The van der Waals surface area contributed by atoms with Crippen molar-refractivity contribution < 1.29 is 19.2 Å². The van der Waals surface area contributed by atoms with Crippen LogP contribution in [0.25, 0.3) is 6.08 Å². The molecule has 0 N–H and O–H groups in total. The molecule has 11 heteroatoms. The molecule has 0 spiro atoms. The molecule has 178 valence electrons. The van der Waals surface area contributed by atoms with Gasteiger partial charge in [-0.25, -0.2) is 4.98 Å². The number of pyridine rings is 1. The number of amides is 1. The van der Waals surface area contributed by atoms with Crippen molar-refractivity contribution in [2.45, 2.75) is 11.8 Å². The quantitative estimate of drug-likeness (QED) is 0.110. The number of nitrogens with zero attached hydrogens (tertiary/aromatic N) is 3. The van der Waals surface area contributed by atoms with E-state index in [9.17, 15) is 14.9 Å². The number of carbonyl (C=O) groups excluding carboxylic acids is 1. The first-order valence-corrected chi connectivity index (χ1v) is 12.8. The highest BCUT2D eigenvalue weighted by Crippen LogP contribution is 2.38. The van der Waals surface area contributed by atoms with Gasteiger partial charge in [0, 0.05) is 17.0 Å². The molecule has 1 fully saturated rings. The van der Waals surface area contributed by atoms with Crippen LogP contribution in [0.2, 0.25) is 0 Å². The second-order valence-corrected chi connectivity index (χ2v) is 9.63. The standard InChI is InChI=1S/C24H19N3O5S3/c1-3-31-20-11-15(7-9-19(20)32-22-10-8-17(14-25-22)27(29)30)12-21-23(28)26(24(33)35-21)16-5-4-6-18(13-16)34-2/h4-14H,3H2,1-2H3/b21-12-. The molecule has 0 aliphatic carbocycles. The molecular formula is C24H19N3O5S3. The second-order valence-electron chi connectivity index (χ2n) is 7.07. The average Bonchev–Trinajstić information content (AvgIpc) is 3.13. The van der Waals surface area contributed by atoms with Crippen LogP contribution in [0.5, 0.6) is 17.4 Å². The highest BCUT2D eigenvalue weighted by molar-refractivity contribution is 8.27. The Balaban J connectivity index is 1.58. The Bertz CT molecular complexity index is 1330. The van der Waals surface area contributed by atoms with Crippen molar-refractivity contribution in [3.05, 3.63) is 81.4 Å². The third-order valence-corrected chi connectivity index (χ3v) is 6.84. The zero-order valence-corrected chi connectivity index (χ0v) is 21.1. The van der Waals surface area contributed by atoms with E-state index >= 15 is 0 Å². The van der Waals surface area contributed by atoms with Gasteiger partial charge >= 0.3 is 0 Å². The van der Waals surface area contributed by atoms with Crippen molar-refractivity contribution in [3.8, 4) is 17.4 Å². The van der Waals surface area contributed by atoms with Crippen LogP contribution in [0.15, 0.2) is 70.6 Å². The topological polar surface area (TPSA) is 94.8 Å². The molecule has 0 atom stereocenters. The molecule has 8 nitrogen and oxygen atoms in total. The van der Waals surface area contributed by atoms with E-state index in [1.807, 2.05) is 37.4 Å². The summed E-state index contributed by atoms with van der Waals surface area (Å²) in [7, 11) is 0. The number of aromatic nitrogens is 1. The van der Waals surface area contributed by atoms with Gasteiger partial charge in [0.05, 0.1) is 22.1 Å². The van der Waals surface area contributed by atoms with E-state index in [0.717, 1.165) is 22.3 Å². The number of anilines is 1. The van der Waals surface area contributed by atoms with E-state index in [1.165, 1.54) is 28.8 Å². The normalized spacial score (nSPS) is 14.5. The van der Waals surface area contributed by atoms with E-state index in [1.54, 1.807) is 36.0 Å². The van der Waals surface area contributed by atoms with Gasteiger partial charge in [-0.3, -0.25) is 19.8 Å². The molecule has 4 rings (SSSR count). The molecule has 1 saturated heterocycles. The van der Waals surface area contributed by atoms with E-state index in [0.29, 0.717) is 27.3 Å². The second kappa shape index (κ2) is 10.9. The monoisotopic (exact) mass is 525 g/mol. The number of rotatable bonds is 8. The van der Waals surface area contributed by atoms with E-state index in [4.69, 9.17) is 21.7 Å². The molecule has 2 aromatic carbocycles. The third-order valence-electron chi connectivity index (χ3n) is 4.82. The van der Waals surface area contributed by atoms with Crippen LogP contribution in [0.3, 0.4) is 0 Å². The zero-order chi connectivity index (χ0) is 24.9. The molecule has 0 bridgehead atoms. The van der Waals surface area contributed by atoms with Crippen LogP contribution in [0.1, 0.15) is 12.5 Å². The molecule has 1 aliphatic rings. The van der Waals surface area contributed by atoms with Gasteiger partial charge in [-0.2, -0.15) is 0 Å². The van der Waals surface area contributed by atoms with Gasteiger partial charge < -0.3 is 9.47 Å². The van der Waals surface area contributed by atoms with E-state index in [-0.39, 0.29) is 17.5 Å². The van der Waals surface area contributed by atoms with Gasteiger partial charge in [0.2, 0.25) is 5.88 Å². The Kier molecular flexibility index (Phi) is 7.69. The fraction of sp³-hybridized carbons (Fsp3) is 0.125. The number of hydrogen-bond acceptors (Lipinski definition) is 9. The minimum Gasteiger partial charge on any atom is -0.490 e. The summed E-state index contributed by atoms with van der Waals surface area (Å²) >= 11 is 8.32. The van der Waals surface area contributed by atoms with Crippen LogP contribution in [0.4, 0.5) is 11.4 Å². The summed E-state index contributed by atoms with van der Waals surface area (Å²) in [6.07, 6.45) is 4.86. The predicted molar refractivity (Wildman–Crippen MR) is 142 cm³/mol. The molecule has 1 aromatic heterocycles. The summed E-state index contributed by atoms with van der Waals surface area (Å²) < 4.78 is 12.0. The zero-order valence-electron chi connectivity index (χ0n) is 18.7. The molecule has 2 heterocycles. The number of thioether (sulfide) groups is 2. The minimum atomic E-state index is -0.528. The predicted octanol–water partition coefficient (Wildman–Crippen LogP) is 6.31. The number of benzene rings is 2. The number of hydrogen-bond donors (Lipinski definition) is 0. The Hall–Kier alpha value is -3.41. The van der Waals surface area contributed by atoms with Crippen molar-refractivity contribution in [1.29, 1.82) is 0 Å². The summed E-state index contributed by atoms with van der Waals surface area (Å²) in [6, 6.07) is 15.6. The van der Waals surface area contributed by atoms with Gasteiger partial charge in [-0.1, -0.05) is 36.1 Å². The average molecular weight is 526 g/mol. The number of thiocarbonyl (C=S) groups is 1. The van der Waals surface area contributed by atoms with Crippen molar-refractivity contribution >= 4 is 63.4 Å². The largest absolute Gasteiger partial charge is 0.490 e. The summed E-state index contributed by atoms with van der Waals surface area (Å²) in [5.41, 5.74) is 1.34. The van der Waals surface area contributed by atoms with Crippen molar-refractivity contribution in [1.82, 2.24) is 4.98 Å². The van der Waals surface area contributed by atoms with E-state index in [2.05, 4.69) is 4.98 Å². The van der Waals surface area contributed by atoms with Gasteiger partial charge in [0.1, 0.15) is 6.20 Å². The highest BCUT2D eigenvalue weighted by Gasteiger charge is 2.33. The van der Waals surface area contributed by atoms with Gasteiger partial charge in [-0.15, -0.1) is 11.8 Å². The van der Waals surface area contributed by atoms with Crippen molar-refractivity contribution in [2.75, 3.05) is 17.8 Å². The molecule has 0 saturated carbocycles. The summed E-state index contributed by atoms with van der Waals surface area (Å²) in [5.74, 6) is 0.848. The number of carbonyl (C=O) groups is 1. The molecule has 1 amide bonds. The van der Waals surface area contributed by atoms with Crippen molar-refractivity contribution in [3.63, 3.8) is 0 Å². The Labute approximate surface area is 215 Å². The fourth-order valence-corrected chi connectivity index (χ4v) is 4.96. The Morgan fingerprint density at radius 2 is 2.03 bits per heavy atom. The Morgan fingerprint density at radius 1 is 1.20 bits per heavy atom. The first-order valence-electron chi connectivity index (χ1n) is 10.4. The van der Waals surface area contributed by atoms with Crippen molar-refractivity contribution in [2.24, 2.45) is 0 Å². The van der Waals surface area contributed by atoms with Crippen LogP contribution >= 0.6 is 35.7 Å². The molecule has 35 heavy (non-hydrogen) atoms. The lowest BCUT2D eigenvalue weighted by Gasteiger charge is -2.15. The number of ether oxygens (including phenoxy) is 2. The van der Waals surface area contributed by atoms with Crippen LogP contribution in [0, 0.1) is 10.1 Å². The first-order chi connectivity index (χ1) is 16.9. The maximum absolute atomic E-state index is 13.1. The fourth-order valence-electron chi connectivity index (χ4n) is 3.21. The molecule has 1 aliphatic heterocycles. The molecule has 0 radical (unpaired) electrons. The van der Waals surface area contributed by atoms with Gasteiger partial charge in [0.25, 0.3) is 11.6 Å². The van der Waals surface area contributed by atoms with Crippen LogP contribution in [-0.4, -0.2) is 33.0 Å². The molecule has 0 unspecified atom stereocenters. The van der Waals surface area contributed by atoms with E-state index < -0.39 is 4.92 Å². The van der Waals surface area contributed by atoms with Gasteiger partial charge in [-0.05, 0) is 55.2 Å².